The lowest BCUT2D eigenvalue weighted by Crippen LogP contribution is -2.16. The Hall–Kier alpha value is -2.00. The number of hydrogen-bond acceptors (Lipinski definition) is 3. The third-order valence-electron chi connectivity index (χ3n) is 3.72. The Labute approximate surface area is 134 Å². The summed E-state index contributed by atoms with van der Waals surface area (Å²) in [6.45, 7) is 2.21. The number of rotatable bonds is 4. The Kier molecular flexibility index (Phi) is 4.34. The Bertz CT molecular complexity index is 696. The van der Waals surface area contributed by atoms with Gasteiger partial charge in [-0.05, 0) is 37.1 Å². The Balaban J connectivity index is 1.89. The second kappa shape index (κ2) is 6.41. The standard InChI is InChI=1S/C18H17ClO3/c1-2-21-18(20)10-9-16-14-6-4-3-5-13(14)15-11-12(19)7-8-17(15)22-16/h3-8,11,16H,2,9-10H2,1H3. The van der Waals surface area contributed by atoms with Crippen LogP contribution in [0.4, 0.5) is 0 Å². The van der Waals surface area contributed by atoms with E-state index in [2.05, 4.69) is 6.07 Å². The molecule has 4 heteroatoms. The maximum Gasteiger partial charge on any atom is 0.305 e. The van der Waals surface area contributed by atoms with Gasteiger partial charge in [0.1, 0.15) is 11.9 Å². The number of carbonyl (C=O) groups is 1. The van der Waals surface area contributed by atoms with Crippen LogP contribution in [-0.2, 0) is 9.53 Å². The highest BCUT2D eigenvalue weighted by atomic mass is 35.5. The van der Waals surface area contributed by atoms with Crippen molar-refractivity contribution in [3.05, 3.63) is 53.1 Å². The minimum Gasteiger partial charge on any atom is -0.485 e. The molecule has 0 aromatic heterocycles. The van der Waals surface area contributed by atoms with Gasteiger partial charge in [-0.2, -0.15) is 0 Å². The van der Waals surface area contributed by atoms with Gasteiger partial charge in [0.15, 0.2) is 0 Å². The number of carbonyl (C=O) groups excluding carboxylic acids is 1. The van der Waals surface area contributed by atoms with Crippen LogP contribution in [0.2, 0.25) is 5.02 Å². The molecule has 1 aliphatic rings. The average molecular weight is 317 g/mol. The van der Waals surface area contributed by atoms with Crippen molar-refractivity contribution >= 4 is 17.6 Å². The maximum atomic E-state index is 11.6. The van der Waals surface area contributed by atoms with E-state index in [4.69, 9.17) is 21.1 Å². The first-order chi connectivity index (χ1) is 10.7. The van der Waals surface area contributed by atoms with Crippen LogP contribution in [0.3, 0.4) is 0 Å². The van der Waals surface area contributed by atoms with Crippen LogP contribution in [0, 0.1) is 0 Å². The predicted octanol–water partition coefficient (Wildman–Crippen LogP) is 4.78. The molecule has 2 aromatic carbocycles. The third-order valence-corrected chi connectivity index (χ3v) is 3.96. The topological polar surface area (TPSA) is 35.5 Å². The highest BCUT2D eigenvalue weighted by Gasteiger charge is 2.26. The van der Waals surface area contributed by atoms with Gasteiger partial charge in [-0.3, -0.25) is 4.79 Å². The average Bonchev–Trinajstić information content (AvgIpc) is 2.53. The third kappa shape index (κ3) is 2.95. The van der Waals surface area contributed by atoms with Gasteiger partial charge in [0.2, 0.25) is 0 Å². The minimum absolute atomic E-state index is 0.144. The fraction of sp³-hybridized carbons (Fsp3) is 0.278. The van der Waals surface area contributed by atoms with E-state index in [1.54, 1.807) is 0 Å². The normalized spacial score (nSPS) is 15.5. The van der Waals surface area contributed by atoms with Crippen LogP contribution in [0.25, 0.3) is 11.1 Å². The van der Waals surface area contributed by atoms with Crippen molar-refractivity contribution < 1.29 is 14.3 Å². The number of hydrogen-bond donors (Lipinski definition) is 0. The zero-order valence-electron chi connectivity index (χ0n) is 12.3. The largest absolute Gasteiger partial charge is 0.485 e. The molecular formula is C18H17ClO3. The summed E-state index contributed by atoms with van der Waals surface area (Å²) >= 11 is 6.10. The molecule has 0 bridgehead atoms. The number of halogens is 1. The molecular weight excluding hydrogens is 300 g/mol. The van der Waals surface area contributed by atoms with Gasteiger partial charge in [-0.1, -0.05) is 35.9 Å². The molecule has 0 spiro atoms. The summed E-state index contributed by atoms with van der Waals surface area (Å²) in [5.74, 6) is 0.613. The molecule has 0 amide bonds. The summed E-state index contributed by atoms with van der Waals surface area (Å²) < 4.78 is 11.1. The summed E-state index contributed by atoms with van der Waals surface area (Å²) in [7, 11) is 0. The molecule has 1 unspecified atom stereocenters. The van der Waals surface area contributed by atoms with E-state index in [0.717, 1.165) is 22.4 Å². The highest BCUT2D eigenvalue weighted by Crippen LogP contribution is 2.44. The number of esters is 1. The van der Waals surface area contributed by atoms with Crippen LogP contribution < -0.4 is 4.74 Å². The smallest absolute Gasteiger partial charge is 0.305 e. The lowest BCUT2D eigenvalue weighted by atomic mass is 9.91. The molecule has 0 radical (unpaired) electrons. The molecule has 1 aliphatic heterocycles. The quantitative estimate of drug-likeness (QED) is 0.761. The number of fused-ring (bicyclic) bond motifs is 3. The monoisotopic (exact) mass is 316 g/mol. The summed E-state index contributed by atoms with van der Waals surface area (Å²) in [5, 5.41) is 0.683. The molecule has 0 saturated carbocycles. The molecule has 0 saturated heterocycles. The van der Waals surface area contributed by atoms with E-state index in [1.807, 2.05) is 43.3 Å². The number of benzene rings is 2. The van der Waals surface area contributed by atoms with E-state index in [-0.39, 0.29) is 12.1 Å². The first kappa shape index (κ1) is 14.9. The zero-order valence-corrected chi connectivity index (χ0v) is 13.1. The van der Waals surface area contributed by atoms with Gasteiger partial charge in [0, 0.05) is 22.6 Å². The minimum atomic E-state index is -0.189. The van der Waals surface area contributed by atoms with Gasteiger partial charge in [-0.25, -0.2) is 0 Å². The summed E-state index contributed by atoms with van der Waals surface area (Å²) in [6, 6.07) is 13.7. The van der Waals surface area contributed by atoms with Crippen LogP contribution in [0.15, 0.2) is 42.5 Å². The van der Waals surface area contributed by atoms with Crippen molar-refractivity contribution in [3.63, 3.8) is 0 Å². The first-order valence-corrected chi connectivity index (χ1v) is 7.78. The molecule has 2 aromatic rings. The molecule has 0 aliphatic carbocycles. The fourth-order valence-corrected chi connectivity index (χ4v) is 2.92. The van der Waals surface area contributed by atoms with Crippen LogP contribution in [-0.4, -0.2) is 12.6 Å². The molecule has 3 nitrogen and oxygen atoms in total. The van der Waals surface area contributed by atoms with Crippen molar-refractivity contribution in [2.75, 3.05) is 6.61 Å². The van der Waals surface area contributed by atoms with Gasteiger partial charge in [0.25, 0.3) is 0 Å². The van der Waals surface area contributed by atoms with Gasteiger partial charge >= 0.3 is 5.97 Å². The SMILES string of the molecule is CCOC(=O)CCC1Oc2ccc(Cl)cc2-c2ccccc21. The van der Waals surface area contributed by atoms with Gasteiger partial charge < -0.3 is 9.47 Å². The fourth-order valence-electron chi connectivity index (χ4n) is 2.75. The maximum absolute atomic E-state index is 11.6. The molecule has 114 valence electrons. The van der Waals surface area contributed by atoms with Crippen LogP contribution in [0.5, 0.6) is 5.75 Å². The Morgan fingerprint density at radius 1 is 1.23 bits per heavy atom. The van der Waals surface area contributed by atoms with Gasteiger partial charge in [0.05, 0.1) is 6.61 Å². The van der Waals surface area contributed by atoms with Crippen molar-refractivity contribution in [2.24, 2.45) is 0 Å². The van der Waals surface area contributed by atoms with Gasteiger partial charge in [-0.15, -0.1) is 0 Å². The van der Waals surface area contributed by atoms with Crippen molar-refractivity contribution in [3.8, 4) is 16.9 Å². The summed E-state index contributed by atoms with van der Waals surface area (Å²) in [6.07, 6.45) is 0.794. The molecule has 0 fully saturated rings. The molecule has 3 rings (SSSR count). The van der Waals surface area contributed by atoms with E-state index in [9.17, 15) is 4.79 Å². The van der Waals surface area contributed by atoms with E-state index < -0.39 is 0 Å². The van der Waals surface area contributed by atoms with Crippen molar-refractivity contribution in [1.82, 2.24) is 0 Å². The van der Waals surface area contributed by atoms with Crippen molar-refractivity contribution in [1.29, 1.82) is 0 Å². The van der Waals surface area contributed by atoms with Crippen molar-refractivity contribution in [2.45, 2.75) is 25.9 Å². The van der Waals surface area contributed by atoms with E-state index in [0.29, 0.717) is 24.5 Å². The second-order valence-corrected chi connectivity index (χ2v) is 5.61. The first-order valence-electron chi connectivity index (χ1n) is 7.40. The van der Waals surface area contributed by atoms with Crippen LogP contribution >= 0.6 is 11.6 Å². The molecule has 1 atom stereocenters. The molecule has 1 heterocycles. The lowest BCUT2D eigenvalue weighted by molar-refractivity contribution is -0.143. The summed E-state index contributed by atoms with van der Waals surface area (Å²) in [4.78, 5) is 11.6. The lowest BCUT2D eigenvalue weighted by Gasteiger charge is -2.28. The molecule has 22 heavy (non-hydrogen) atoms. The zero-order chi connectivity index (χ0) is 15.5. The Morgan fingerprint density at radius 3 is 2.86 bits per heavy atom. The second-order valence-electron chi connectivity index (χ2n) is 5.18. The summed E-state index contributed by atoms with van der Waals surface area (Å²) in [5.41, 5.74) is 3.19. The predicted molar refractivity (Wildman–Crippen MR) is 86.1 cm³/mol. The molecule has 0 N–H and O–H groups in total. The highest BCUT2D eigenvalue weighted by molar-refractivity contribution is 6.31. The van der Waals surface area contributed by atoms with Crippen LogP contribution in [0.1, 0.15) is 31.4 Å². The number of ether oxygens (including phenoxy) is 2. The van der Waals surface area contributed by atoms with E-state index >= 15 is 0 Å². The van der Waals surface area contributed by atoms with E-state index in [1.165, 1.54) is 0 Å². The Morgan fingerprint density at radius 2 is 2.05 bits per heavy atom.